The van der Waals surface area contributed by atoms with Crippen LogP contribution < -0.4 is 5.32 Å². The summed E-state index contributed by atoms with van der Waals surface area (Å²) in [5.74, 6) is -0.254. The molecular weight excluding hydrogens is 228 g/mol. The van der Waals surface area contributed by atoms with Gasteiger partial charge in [0.1, 0.15) is 6.04 Å². The van der Waals surface area contributed by atoms with Gasteiger partial charge in [0, 0.05) is 6.20 Å². The molecule has 0 aliphatic carbocycles. The number of carbonyl (C=O) groups excluding carboxylic acids is 1. The zero-order valence-corrected chi connectivity index (χ0v) is 10.1. The lowest BCUT2D eigenvalue weighted by atomic mass is 10.1. The van der Waals surface area contributed by atoms with Gasteiger partial charge < -0.3 is 5.32 Å². The second kappa shape index (κ2) is 5.32. The standard InChI is InChI=1S/C13H14N4O/c1-2-5-10(8-14)16-13(18)11-9-15-17-7-4-3-6-12(11)17/h3-4,6-7,9-10H,2,5H2,1H3,(H,16,18). The van der Waals surface area contributed by atoms with E-state index in [4.69, 9.17) is 5.26 Å². The van der Waals surface area contributed by atoms with Crippen molar-refractivity contribution in [1.82, 2.24) is 14.9 Å². The number of rotatable bonds is 4. The summed E-state index contributed by atoms with van der Waals surface area (Å²) < 4.78 is 1.64. The second-order valence-corrected chi connectivity index (χ2v) is 4.03. The number of amides is 1. The molecule has 1 unspecified atom stereocenters. The fourth-order valence-electron chi connectivity index (χ4n) is 1.80. The maximum Gasteiger partial charge on any atom is 0.256 e. The number of fused-ring (bicyclic) bond motifs is 1. The number of nitrogens with one attached hydrogen (secondary N) is 1. The highest BCUT2D eigenvalue weighted by Gasteiger charge is 2.15. The summed E-state index contributed by atoms with van der Waals surface area (Å²) in [5, 5.41) is 15.7. The van der Waals surface area contributed by atoms with Crippen LogP contribution in [0.2, 0.25) is 0 Å². The van der Waals surface area contributed by atoms with E-state index >= 15 is 0 Å². The van der Waals surface area contributed by atoms with Crippen LogP contribution in [0.25, 0.3) is 5.52 Å². The Morgan fingerprint density at radius 2 is 2.44 bits per heavy atom. The summed E-state index contributed by atoms with van der Waals surface area (Å²) in [6, 6.07) is 7.16. The van der Waals surface area contributed by atoms with Gasteiger partial charge in [-0.1, -0.05) is 19.4 Å². The molecule has 1 N–H and O–H groups in total. The Balaban J connectivity index is 2.21. The number of nitrogens with zero attached hydrogens (tertiary/aromatic N) is 3. The number of pyridine rings is 1. The van der Waals surface area contributed by atoms with Crippen LogP contribution in [0.5, 0.6) is 0 Å². The molecule has 0 radical (unpaired) electrons. The molecule has 0 spiro atoms. The second-order valence-electron chi connectivity index (χ2n) is 4.03. The molecule has 2 heterocycles. The van der Waals surface area contributed by atoms with Gasteiger partial charge in [0.15, 0.2) is 0 Å². The van der Waals surface area contributed by atoms with Gasteiger partial charge in [-0.2, -0.15) is 10.4 Å². The van der Waals surface area contributed by atoms with E-state index < -0.39 is 6.04 Å². The summed E-state index contributed by atoms with van der Waals surface area (Å²) in [6.07, 6.45) is 4.81. The Morgan fingerprint density at radius 3 is 3.17 bits per heavy atom. The number of hydrogen-bond acceptors (Lipinski definition) is 3. The van der Waals surface area contributed by atoms with E-state index in [0.29, 0.717) is 12.0 Å². The Labute approximate surface area is 105 Å². The van der Waals surface area contributed by atoms with Crippen molar-refractivity contribution in [2.45, 2.75) is 25.8 Å². The number of nitriles is 1. The third kappa shape index (κ3) is 2.33. The maximum absolute atomic E-state index is 12.0. The van der Waals surface area contributed by atoms with E-state index in [1.54, 1.807) is 10.7 Å². The third-order valence-corrected chi connectivity index (χ3v) is 2.71. The Morgan fingerprint density at radius 1 is 1.61 bits per heavy atom. The first kappa shape index (κ1) is 12.1. The van der Waals surface area contributed by atoms with Gasteiger partial charge in [0.05, 0.1) is 23.3 Å². The molecule has 92 valence electrons. The predicted octanol–water partition coefficient (Wildman–Crippen LogP) is 1.76. The number of hydrogen-bond donors (Lipinski definition) is 1. The number of carbonyl (C=O) groups is 1. The van der Waals surface area contributed by atoms with Gasteiger partial charge in [-0.15, -0.1) is 0 Å². The Kier molecular flexibility index (Phi) is 3.58. The molecule has 0 aliphatic rings. The molecule has 0 saturated carbocycles. The molecule has 2 aromatic heterocycles. The number of aromatic nitrogens is 2. The monoisotopic (exact) mass is 242 g/mol. The average Bonchev–Trinajstić information content (AvgIpc) is 2.82. The first-order chi connectivity index (χ1) is 8.76. The molecule has 1 atom stereocenters. The first-order valence-corrected chi connectivity index (χ1v) is 5.89. The SMILES string of the molecule is CCCC(C#N)NC(=O)c1cnn2ccccc12. The van der Waals surface area contributed by atoms with Crippen molar-refractivity contribution in [3.63, 3.8) is 0 Å². The molecule has 18 heavy (non-hydrogen) atoms. The summed E-state index contributed by atoms with van der Waals surface area (Å²) in [5.41, 5.74) is 1.23. The van der Waals surface area contributed by atoms with Crippen molar-refractivity contribution in [1.29, 1.82) is 5.26 Å². The molecule has 0 fully saturated rings. The van der Waals surface area contributed by atoms with Crippen molar-refractivity contribution < 1.29 is 4.79 Å². The lowest BCUT2D eigenvalue weighted by Gasteiger charge is -2.09. The Hall–Kier alpha value is -2.35. The van der Waals surface area contributed by atoms with E-state index in [0.717, 1.165) is 11.9 Å². The van der Waals surface area contributed by atoms with Crippen LogP contribution in [-0.2, 0) is 0 Å². The third-order valence-electron chi connectivity index (χ3n) is 2.71. The molecule has 2 rings (SSSR count). The lowest BCUT2D eigenvalue weighted by Crippen LogP contribution is -2.33. The first-order valence-electron chi connectivity index (χ1n) is 5.89. The van der Waals surface area contributed by atoms with Crippen LogP contribution in [0.1, 0.15) is 30.1 Å². The summed E-state index contributed by atoms with van der Waals surface area (Å²) in [7, 11) is 0. The van der Waals surface area contributed by atoms with Crippen LogP contribution in [0.15, 0.2) is 30.6 Å². The molecule has 5 nitrogen and oxygen atoms in total. The van der Waals surface area contributed by atoms with Crippen molar-refractivity contribution in [2.24, 2.45) is 0 Å². The van der Waals surface area contributed by atoms with E-state index in [-0.39, 0.29) is 5.91 Å². The van der Waals surface area contributed by atoms with E-state index in [9.17, 15) is 4.79 Å². The minimum Gasteiger partial charge on any atom is -0.336 e. The van der Waals surface area contributed by atoms with Gasteiger partial charge in [0.25, 0.3) is 5.91 Å². The topological polar surface area (TPSA) is 70.2 Å². The van der Waals surface area contributed by atoms with Crippen LogP contribution >= 0.6 is 0 Å². The van der Waals surface area contributed by atoms with Gasteiger partial charge in [-0.3, -0.25) is 4.79 Å². The van der Waals surface area contributed by atoms with Crippen LogP contribution in [0, 0.1) is 11.3 Å². The summed E-state index contributed by atoms with van der Waals surface area (Å²) in [6.45, 7) is 1.98. The molecule has 0 aliphatic heterocycles. The molecule has 0 saturated heterocycles. The normalized spacial score (nSPS) is 12.0. The highest BCUT2D eigenvalue weighted by atomic mass is 16.1. The quantitative estimate of drug-likeness (QED) is 0.888. The predicted molar refractivity (Wildman–Crippen MR) is 67.0 cm³/mol. The molecule has 0 aromatic carbocycles. The zero-order valence-electron chi connectivity index (χ0n) is 10.1. The highest BCUT2D eigenvalue weighted by molar-refractivity contribution is 6.00. The van der Waals surface area contributed by atoms with Crippen LogP contribution in [0.3, 0.4) is 0 Å². The van der Waals surface area contributed by atoms with Gasteiger partial charge in [-0.05, 0) is 18.6 Å². The highest BCUT2D eigenvalue weighted by Crippen LogP contribution is 2.10. The maximum atomic E-state index is 12.0. The van der Waals surface area contributed by atoms with Crippen molar-refractivity contribution in [3.8, 4) is 6.07 Å². The average molecular weight is 242 g/mol. The lowest BCUT2D eigenvalue weighted by molar-refractivity contribution is 0.0945. The van der Waals surface area contributed by atoms with Crippen molar-refractivity contribution in [2.75, 3.05) is 0 Å². The summed E-state index contributed by atoms with van der Waals surface area (Å²) >= 11 is 0. The minimum atomic E-state index is -0.443. The fraction of sp³-hybridized carbons (Fsp3) is 0.308. The molecule has 5 heteroatoms. The molecular formula is C13H14N4O. The van der Waals surface area contributed by atoms with Gasteiger partial charge >= 0.3 is 0 Å². The van der Waals surface area contributed by atoms with Crippen molar-refractivity contribution >= 4 is 11.4 Å². The zero-order chi connectivity index (χ0) is 13.0. The van der Waals surface area contributed by atoms with Crippen LogP contribution in [-0.4, -0.2) is 21.6 Å². The minimum absolute atomic E-state index is 0.254. The summed E-state index contributed by atoms with van der Waals surface area (Å²) in [4.78, 5) is 12.0. The van der Waals surface area contributed by atoms with E-state index in [2.05, 4.69) is 16.5 Å². The van der Waals surface area contributed by atoms with Gasteiger partial charge in [-0.25, -0.2) is 4.52 Å². The molecule has 1 amide bonds. The van der Waals surface area contributed by atoms with E-state index in [1.165, 1.54) is 6.20 Å². The molecule has 0 bridgehead atoms. The smallest absolute Gasteiger partial charge is 0.256 e. The fourth-order valence-corrected chi connectivity index (χ4v) is 1.80. The van der Waals surface area contributed by atoms with Crippen molar-refractivity contribution in [3.05, 3.63) is 36.2 Å². The molecule has 2 aromatic rings. The van der Waals surface area contributed by atoms with Crippen LogP contribution in [0.4, 0.5) is 0 Å². The van der Waals surface area contributed by atoms with E-state index in [1.807, 2.05) is 25.1 Å². The Bertz CT molecular complexity index is 596. The largest absolute Gasteiger partial charge is 0.336 e. The van der Waals surface area contributed by atoms with Gasteiger partial charge in [0.2, 0.25) is 0 Å².